The molecule has 0 aliphatic rings. The molecule has 0 saturated carbocycles. The van der Waals surface area contributed by atoms with E-state index in [0.29, 0.717) is 0 Å². The predicted molar refractivity (Wildman–Crippen MR) is 56.1 cm³/mol. The van der Waals surface area contributed by atoms with Gasteiger partial charge < -0.3 is 5.11 Å². The van der Waals surface area contributed by atoms with Gasteiger partial charge in [0.25, 0.3) is 0 Å². The van der Waals surface area contributed by atoms with Gasteiger partial charge in [-0.1, -0.05) is 43.2 Å². The third kappa shape index (κ3) is 292. The first-order chi connectivity index (χ1) is 2.77. The molecule has 0 spiro atoms. The summed E-state index contributed by atoms with van der Waals surface area (Å²) in [5.74, 6) is -0.829. The monoisotopic (exact) mass is 433 g/mol. The molecule has 12 heavy (non-hydrogen) atoms. The Kier molecular flexibility index (Phi) is 422. The van der Waals surface area contributed by atoms with E-state index in [4.69, 9.17) is 5.11 Å². The topological polar surface area (TPSA) is 37.3 Å². The first-order valence-electron chi connectivity index (χ1n) is 1.60. The fraction of sp³-hybridized carbons (Fsp3) is 0.667. The van der Waals surface area contributed by atoms with E-state index in [1.54, 1.807) is 0 Å². The van der Waals surface area contributed by atoms with E-state index in [9.17, 15) is 4.79 Å². The van der Waals surface area contributed by atoms with Crippen LogP contribution in [0.3, 0.4) is 0 Å². The molecular formula is C9H26O2Rf. The van der Waals surface area contributed by atoms with Gasteiger partial charge in [-0.3, -0.25) is 4.79 Å². The molecule has 0 bridgehead atoms. The van der Waals surface area contributed by atoms with Gasteiger partial charge in [0.2, 0.25) is 0 Å². The Balaban J connectivity index is -0.00000000833. The average molecular weight is 433 g/mol. The van der Waals surface area contributed by atoms with Crippen molar-refractivity contribution >= 4 is 5.97 Å². The van der Waals surface area contributed by atoms with Crippen molar-refractivity contribution in [1.82, 2.24) is 0 Å². The molecule has 0 aromatic heterocycles. The molecule has 0 heterocycles. The molecule has 0 aliphatic heterocycles. The Labute approximate surface area is 73.0 Å². The van der Waals surface area contributed by atoms with Crippen LogP contribution in [0.25, 0.3) is 0 Å². The zero-order valence-electron chi connectivity index (χ0n) is 4.05. The Bertz CT molecular complexity index is 72.9. The van der Waals surface area contributed by atoms with E-state index >= 15 is 0 Å². The van der Waals surface area contributed by atoms with Crippen molar-refractivity contribution in [3.8, 4) is 0 Å². The number of rotatable bonds is 2. The average Bonchev–Trinajstić information content (AvgIpc) is 1.35. The molecule has 76 valence electrons. The van der Waals surface area contributed by atoms with Crippen LogP contribution in [0.4, 0.5) is 0 Å². The molecule has 0 atom stereocenters. The summed E-state index contributed by atoms with van der Waals surface area (Å²) in [4.78, 5) is 9.53. The largest absolute Gasteiger partial charge is 0.481 e. The summed E-state index contributed by atoms with van der Waals surface area (Å²) < 4.78 is 0. The molecule has 0 radical (unpaired) electrons. The molecule has 0 amide bonds. The maximum absolute atomic E-state index is 9.53. The van der Waals surface area contributed by atoms with Gasteiger partial charge in [-0.05, 0) is 0 Å². The smallest absolute Gasteiger partial charge is 0.307 e. The molecule has 0 saturated heterocycles. The number of carboxylic acid groups (broad SMARTS) is 1. The van der Waals surface area contributed by atoms with Crippen molar-refractivity contribution < 1.29 is 9.90 Å². The number of aliphatic carboxylic acids is 1. The summed E-state index contributed by atoms with van der Waals surface area (Å²) in [6.45, 7) is 3.22. The van der Waals surface area contributed by atoms with Gasteiger partial charge in [0, 0.05) is 0 Å². The number of hydrogen-bond donors (Lipinski definition) is 1. The van der Waals surface area contributed by atoms with Crippen molar-refractivity contribution in [1.29, 1.82) is 0 Å². The van der Waals surface area contributed by atoms with Gasteiger partial charge in [-0.15, -0.1) is 6.58 Å². The standard InChI is InChI=1S/C4H6O2.5CH4.Rf/c1-2-3-4(5)6;;;;;;/h2H,1,3H2,(H,5,6);5*1H4;. The van der Waals surface area contributed by atoms with E-state index in [1.165, 1.54) is 6.08 Å². The Morgan fingerprint density at radius 3 is 1.42 bits per heavy atom. The zero-order valence-corrected chi connectivity index (χ0v) is 10.5. The van der Waals surface area contributed by atoms with Gasteiger partial charge in [-0.25, -0.2) is 0 Å². The molecule has 2 nitrogen and oxygen atoms in total. The van der Waals surface area contributed by atoms with E-state index in [1.807, 2.05) is 0 Å². The van der Waals surface area contributed by atoms with E-state index in [-0.39, 0.29) is 43.6 Å². The number of hydrogen-bond acceptors (Lipinski definition) is 1. The first kappa shape index (κ1) is 84.0. The molecule has 0 aromatic rings. The van der Waals surface area contributed by atoms with Crippen molar-refractivity contribution in [3.05, 3.63) is 12.7 Å². The summed E-state index contributed by atoms with van der Waals surface area (Å²) in [6, 6.07) is 0. The number of carboxylic acids is 1. The van der Waals surface area contributed by atoms with Crippen LogP contribution in [0.1, 0.15) is 43.6 Å². The van der Waals surface area contributed by atoms with E-state index < -0.39 is 5.97 Å². The van der Waals surface area contributed by atoms with Crippen LogP contribution in [-0.2, 0) is 4.79 Å². The van der Waals surface area contributed by atoms with Gasteiger partial charge in [-0.2, -0.15) is 0 Å². The van der Waals surface area contributed by atoms with Gasteiger partial charge in [0.15, 0.2) is 0 Å². The van der Waals surface area contributed by atoms with E-state index in [0.717, 1.165) is 0 Å². The SMILES string of the molecule is C.C.C.C.C.C=CCC(=O)O.[Rf]. The molecule has 3 heteroatoms. The number of carbonyl (C=O) groups is 1. The molecular weight excluding hydrogens is 407 g/mol. The molecule has 0 unspecified atom stereocenters. The summed E-state index contributed by atoms with van der Waals surface area (Å²) in [6.07, 6.45) is 1.41. The fourth-order valence-corrected chi connectivity index (χ4v) is 0.123. The van der Waals surface area contributed by atoms with Gasteiger partial charge >= 0.3 is 5.97 Å². The van der Waals surface area contributed by atoms with Crippen molar-refractivity contribution in [3.63, 3.8) is 0 Å². The second kappa shape index (κ2) is 60.2. The zero-order chi connectivity index (χ0) is 4.99. The maximum Gasteiger partial charge on any atom is 0.307 e. The summed E-state index contributed by atoms with van der Waals surface area (Å²) in [5, 5.41) is 7.84. The molecule has 0 rings (SSSR count). The summed E-state index contributed by atoms with van der Waals surface area (Å²) in [5.41, 5.74) is 0. The maximum atomic E-state index is 9.53. The van der Waals surface area contributed by atoms with Gasteiger partial charge in [0.05, 0.1) is 6.42 Å². The third-order valence-corrected chi connectivity index (χ3v) is 0.319. The summed E-state index contributed by atoms with van der Waals surface area (Å²) >= 11 is 0. The Morgan fingerprint density at radius 1 is 1.17 bits per heavy atom. The third-order valence-electron chi connectivity index (χ3n) is 0.319. The van der Waals surface area contributed by atoms with Crippen LogP contribution in [0.15, 0.2) is 12.7 Å². The van der Waals surface area contributed by atoms with Crippen LogP contribution >= 0.6 is 0 Å². The second-order valence-corrected chi connectivity index (χ2v) is 0.887. The Morgan fingerprint density at radius 2 is 1.42 bits per heavy atom. The minimum absolute atomic E-state index is 0. The molecule has 1 N–H and O–H groups in total. The van der Waals surface area contributed by atoms with Crippen LogP contribution < -0.4 is 0 Å². The normalized spacial score (nSPS) is 3.67. The molecule has 0 aliphatic carbocycles. The fourth-order valence-electron chi connectivity index (χ4n) is 0.123. The van der Waals surface area contributed by atoms with Crippen LogP contribution in [-0.4, -0.2) is 11.1 Å². The Hall–Kier alpha value is -1.79. The summed E-state index contributed by atoms with van der Waals surface area (Å²) in [7, 11) is 0. The van der Waals surface area contributed by atoms with E-state index in [2.05, 4.69) is 6.58 Å². The second-order valence-electron chi connectivity index (χ2n) is 0.887. The van der Waals surface area contributed by atoms with Crippen LogP contribution in [0.2, 0.25) is 0 Å². The minimum Gasteiger partial charge on any atom is -0.481 e. The molecule has 0 aromatic carbocycles. The van der Waals surface area contributed by atoms with Gasteiger partial charge in [0.1, 0.15) is 0 Å². The van der Waals surface area contributed by atoms with Crippen LogP contribution in [0, 0.1) is 0 Å². The quantitative estimate of drug-likeness (QED) is 0.673. The van der Waals surface area contributed by atoms with Crippen molar-refractivity contribution in [2.45, 2.75) is 43.6 Å². The molecule has 0 fully saturated rings. The first-order valence-corrected chi connectivity index (χ1v) is 1.60. The van der Waals surface area contributed by atoms with Crippen molar-refractivity contribution in [2.75, 3.05) is 0 Å². The predicted octanol–water partition coefficient (Wildman–Crippen LogP) is 3.83. The van der Waals surface area contributed by atoms with Crippen LogP contribution in [0.5, 0.6) is 0 Å². The minimum atomic E-state index is -0.829. The van der Waals surface area contributed by atoms with Crippen molar-refractivity contribution in [2.24, 2.45) is 0 Å².